The normalized spacial score (nSPS) is 22.6. The van der Waals surface area contributed by atoms with E-state index in [1.165, 1.54) is 24.2 Å². The van der Waals surface area contributed by atoms with Crippen LogP contribution in [0, 0.1) is 0 Å². The van der Waals surface area contributed by atoms with Crippen molar-refractivity contribution in [2.45, 2.75) is 44.3 Å². The molecule has 0 spiro atoms. The van der Waals surface area contributed by atoms with Gasteiger partial charge in [0.1, 0.15) is 5.52 Å². The number of nitrogens with zero attached hydrogens (tertiary/aromatic N) is 6. The average molecular weight is 445 g/mol. The van der Waals surface area contributed by atoms with E-state index >= 15 is 0 Å². The van der Waals surface area contributed by atoms with Gasteiger partial charge in [-0.3, -0.25) is 9.58 Å². The minimum Gasteiger partial charge on any atom is -0.394 e. The molecular weight excluding hydrogens is 416 g/mol. The molecule has 2 fully saturated rings. The molecule has 1 aliphatic carbocycles. The summed E-state index contributed by atoms with van der Waals surface area (Å²) in [7, 11) is 0. The number of rotatable bonds is 7. The van der Waals surface area contributed by atoms with Crippen LogP contribution in [0.1, 0.15) is 25.7 Å². The lowest BCUT2D eigenvalue weighted by Crippen LogP contribution is -2.46. The van der Waals surface area contributed by atoms with E-state index in [1.54, 1.807) is 10.9 Å². The molecule has 1 saturated heterocycles. The highest BCUT2D eigenvalue weighted by atomic mass is 32.1. The average Bonchev–Trinajstić information content (AvgIpc) is 3.45. The number of fused-ring (bicyclic) bond motifs is 1. The molecule has 1 aliphatic heterocycles. The van der Waals surface area contributed by atoms with E-state index in [1.807, 2.05) is 11.7 Å². The number of morpholine rings is 1. The monoisotopic (exact) mass is 444 g/mol. The second-order valence-corrected chi connectivity index (χ2v) is 8.87. The fraction of sp³-hybridized carbons (Fsp3) is 0.600. The number of hydrogen-bond donors (Lipinski definition) is 3. The van der Waals surface area contributed by atoms with Gasteiger partial charge in [-0.1, -0.05) is 0 Å². The van der Waals surface area contributed by atoms with Crippen LogP contribution in [-0.2, 0) is 11.3 Å². The standard InChI is InChI=1S/C20H28N8O2S/c29-8-5-28-12-15(11-22-28)24-20-25-18(17-19(26-20)31-13-21-17)23-14-1-3-16(4-2-14)27-6-9-30-10-7-27/h11-14,16,29H,1-10H2,(H2,23,24,25,26)/t14-,16-. The molecule has 5 rings (SSSR count). The summed E-state index contributed by atoms with van der Waals surface area (Å²) >= 11 is 1.51. The Bertz CT molecular complexity index is 994. The van der Waals surface area contributed by atoms with Crippen molar-refractivity contribution in [2.75, 3.05) is 43.5 Å². The van der Waals surface area contributed by atoms with Gasteiger partial charge in [-0.2, -0.15) is 15.1 Å². The van der Waals surface area contributed by atoms with Crippen LogP contribution in [0.3, 0.4) is 0 Å². The summed E-state index contributed by atoms with van der Waals surface area (Å²) in [6.45, 7) is 4.32. The predicted molar refractivity (Wildman–Crippen MR) is 120 cm³/mol. The van der Waals surface area contributed by atoms with E-state index in [0.717, 1.165) is 61.0 Å². The molecule has 3 N–H and O–H groups in total. The summed E-state index contributed by atoms with van der Waals surface area (Å²) in [6, 6.07) is 1.05. The van der Waals surface area contributed by atoms with Crippen molar-refractivity contribution in [3.63, 3.8) is 0 Å². The van der Waals surface area contributed by atoms with Gasteiger partial charge in [0.2, 0.25) is 5.95 Å². The van der Waals surface area contributed by atoms with E-state index in [9.17, 15) is 0 Å². The summed E-state index contributed by atoms with van der Waals surface area (Å²) in [5.74, 6) is 1.30. The van der Waals surface area contributed by atoms with E-state index in [0.29, 0.717) is 24.6 Å². The highest BCUT2D eigenvalue weighted by Gasteiger charge is 2.27. The molecule has 0 atom stereocenters. The molecule has 2 aliphatic rings. The molecule has 3 aromatic rings. The Morgan fingerprint density at radius 3 is 2.81 bits per heavy atom. The van der Waals surface area contributed by atoms with Crippen molar-refractivity contribution in [1.29, 1.82) is 0 Å². The smallest absolute Gasteiger partial charge is 0.230 e. The van der Waals surface area contributed by atoms with Crippen LogP contribution in [0.2, 0.25) is 0 Å². The van der Waals surface area contributed by atoms with Crippen molar-refractivity contribution in [3.05, 3.63) is 17.9 Å². The molecule has 0 bridgehead atoms. The molecule has 166 valence electrons. The zero-order chi connectivity index (χ0) is 21.0. The molecule has 11 heteroatoms. The molecule has 4 heterocycles. The third-order valence-electron chi connectivity index (χ3n) is 6.02. The molecular formula is C20H28N8O2S. The van der Waals surface area contributed by atoms with E-state index < -0.39 is 0 Å². The van der Waals surface area contributed by atoms with Gasteiger partial charge < -0.3 is 20.5 Å². The maximum atomic E-state index is 9.07. The molecule has 0 amide bonds. The Labute approximate surface area is 184 Å². The molecule has 1 saturated carbocycles. The van der Waals surface area contributed by atoms with Crippen LogP contribution in [-0.4, -0.2) is 79.7 Å². The maximum Gasteiger partial charge on any atom is 0.230 e. The topological polar surface area (TPSA) is 113 Å². The SMILES string of the molecule is OCCn1cc(Nc2nc(N[C@H]3CC[C@H](N4CCOCC4)CC3)c3ncsc3n2)cn1. The number of nitrogens with one attached hydrogen (secondary N) is 2. The second-order valence-electron chi connectivity index (χ2n) is 8.04. The van der Waals surface area contributed by atoms with Crippen LogP contribution in [0.25, 0.3) is 10.3 Å². The first-order chi connectivity index (χ1) is 15.3. The molecule has 0 aromatic carbocycles. The fourth-order valence-electron chi connectivity index (χ4n) is 4.42. The number of ether oxygens (including phenoxy) is 1. The lowest BCUT2D eigenvalue weighted by atomic mass is 9.90. The summed E-state index contributed by atoms with van der Waals surface area (Å²) in [5.41, 5.74) is 3.42. The fourth-order valence-corrected chi connectivity index (χ4v) is 5.08. The van der Waals surface area contributed by atoms with Crippen molar-refractivity contribution >= 4 is 39.1 Å². The minimum atomic E-state index is 0.0479. The number of anilines is 3. The Balaban J connectivity index is 1.26. The first-order valence-electron chi connectivity index (χ1n) is 10.9. The summed E-state index contributed by atoms with van der Waals surface area (Å²) in [5, 5.41) is 20.2. The van der Waals surface area contributed by atoms with E-state index in [-0.39, 0.29) is 6.61 Å². The molecule has 3 aromatic heterocycles. The lowest BCUT2D eigenvalue weighted by molar-refractivity contribution is 0.00791. The zero-order valence-corrected chi connectivity index (χ0v) is 18.2. The molecule has 0 unspecified atom stereocenters. The predicted octanol–water partition coefficient (Wildman–Crippen LogP) is 2.07. The van der Waals surface area contributed by atoms with Crippen LogP contribution < -0.4 is 10.6 Å². The maximum absolute atomic E-state index is 9.07. The van der Waals surface area contributed by atoms with Crippen molar-refractivity contribution in [1.82, 2.24) is 29.6 Å². The lowest BCUT2D eigenvalue weighted by Gasteiger charge is -2.39. The van der Waals surface area contributed by atoms with Gasteiger partial charge in [0, 0.05) is 31.4 Å². The summed E-state index contributed by atoms with van der Waals surface area (Å²) < 4.78 is 7.17. The minimum absolute atomic E-state index is 0.0479. The molecule has 0 radical (unpaired) electrons. The third-order valence-corrected chi connectivity index (χ3v) is 6.73. The van der Waals surface area contributed by atoms with E-state index in [4.69, 9.17) is 14.8 Å². The number of aliphatic hydroxyl groups excluding tert-OH is 1. The summed E-state index contributed by atoms with van der Waals surface area (Å²) in [4.78, 5) is 17.2. The number of aliphatic hydroxyl groups is 1. The highest BCUT2D eigenvalue weighted by Crippen LogP contribution is 2.30. The van der Waals surface area contributed by atoms with Crippen LogP contribution in [0.15, 0.2) is 17.9 Å². The van der Waals surface area contributed by atoms with E-state index in [2.05, 4.69) is 30.6 Å². The van der Waals surface area contributed by atoms with Gasteiger partial charge >= 0.3 is 0 Å². The largest absolute Gasteiger partial charge is 0.394 e. The van der Waals surface area contributed by atoms with Gasteiger partial charge in [-0.25, -0.2) is 4.98 Å². The van der Waals surface area contributed by atoms with Gasteiger partial charge in [0.15, 0.2) is 10.6 Å². The number of aromatic nitrogens is 5. The van der Waals surface area contributed by atoms with Crippen molar-refractivity contribution < 1.29 is 9.84 Å². The second kappa shape index (κ2) is 9.43. The number of hydrogen-bond acceptors (Lipinski definition) is 10. The summed E-state index contributed by atoms with van der Waals surface area (Å²) in [6.07, 6.45) is 8.16. The molecule has 31 heavy (non-hydrogen) atoms. The number of thiazole rings is 1. The first-order valence-corrected chi connectivity index (χ1v) is 11.8. The van der Waals surface area contributed by atoms with Crippen LogP contribution >= 0.6 is 11.3 Å². The molecule has 10 nitrogen and oxygen atoms in total. The quantitative estimate of drug-likeness (QED) is 0.504. The van der Waals surface area contributed by atoms with Crippen molar-refractivity contribution in [2.24, 2.45) is 0 Å². The van der Waals surface area contributed by atoms with Crippen LogP contribution in [0.4, 0.5) is 17.5 Å². The highest BCUT2D eigenvalue weighted by molar-refractivity contribution is 7.16. The van der Waals surface area contributed by atoms with Gasteiger partial charge in [0.05, 0.1) is 43.8 Å². The Kier molecular flexibility index (Phi) is 6.25. The van der Waals surface area contributed by atoms with Gasteiger partial charge in [-0.15, -0.1) is 11.3 Å². The van der Waals surface area contributed by atoms with Gasteiger partial charge in [-0.05, 0) is 25.7 Å². The Morgan fingerprint density at radius 2 is 2.00 bits per heavy atom. The third kappa shape index (κ3) is 4.79. The first kappa shape index (κ1) is 20.6. The van der Waals surface area contributed by atoms with Crippen LogP contribution in [0.5, 0.6) is 0 Å². The Morgan fingerprint density at radius 1 is 1.16 bits per heavy atom. The zero-order valence-electron chi connectivity index (χ0n) is 17.4. The van der Waals surface area contributed by atoms with Gasteiger partial charge in [0.25, 0.3) is 0 Å². The van der Waals surface area contributed by atoms with Crippen molar-refractivity contribution in [3.8, 4) is 0 Å². The Hall–Kier alpha value is -2.34.